The molecule has 0 bridgehead atoms. The first kappa shape index (κ1) is 14.7. The Morgan fingerprint density at radius 3 is 2.65 bits per heavy atom. The molecule has 0 spiro atoms. The second kappa shape index (κ2) is 5.75. The van der Waals surface area contributed by atoms with E-state index < -0.39 is 6.10 Å². The van der Waals surface area contributed by atoms with Gasteiger partial charge in [0.25, 0.3) is 0 Å². The predicted molar refractivity (Wildman–Crippen MR) is 79.5 cm³/mol. The Labute approximate surface area is 120 Å². The van der Waals surface area contributed by atoms with Crippen molar-refractivity contribution in [3.63, 3.8) is 0 Å². The van der Waals surface area contributed by atoms with Gasteiger partial charge in [-0.05, 0) is 24.5 Å². The molecule has 1 heterocycles. The second-order valence-corrected chi connectivity index (χ2v) is 5.94. The average Bonchev–Trinajstić information content (AvgIpc) is 2.88. The highest BCUT2D eigenvalue weighted by Crippen LogP contribution is 2.25. The van der Waals surface area contributed by atoms with Crippen molar-refractivity contribution in [1.29, 1.82) is 0 Å². The van der Waals surface area contributed by atoms with Gasteiger partial charge in [-0.15, -0.1) is 5.10 Å². The number of nitrogens with zero attached hydrogens (tertiary/aromatic N) is 3. The zero-order valence-corrected chi connectivity index (χ0v) is 12.7. The third kappa shape index (κ3) is 3.07. The standard InChI is InChI=1S/C16H23N3O/c1-5-16(3,4)15-11-19(18-17-15)10-14(20)13-9-7-6-8-12(13)2/h6-9,11,14,20H,5,10H2,1-4H3. The van der Waals surface area contributed by atoms with E-state index in [2.05, 4.69) is 31.1 Å². The van der Waals surface area contributed by atoms with Crippen LogP contribution in [0.2, 0.25) is 0 Å². The summed E-state index contributed by atoms with van der Waals surface area (Å²) in [5, 5.41) is 18.7. The van der Waals surface area contributed by atoms with E-state index in [0.717, 1.165) is 23.2 Å². The molecule has 2 rings (SSSR count). The monoisotopic (exact) mass is 273 g/mol. The van der Waals surface area contributed by atoms with Crippen molar-refractivity contribution >= 4 is 0 Å². The molecular weight excluding hydrogens is 250 g/mol. The van der Waals surface area contributed by atoms with Gasteiger partial charge in [0.15, 0.2) is 0 Å². The first-order valence-electron chi connectivity index (χ1n) is 7.08. The molecule has 0 radical (unpaired) electrons. The van der Waals surface area contributed by atoms with Crippen LogP contribution < -0.4 is 0 Å². The second-order valence-electron chi connectivity index (χ2n) is 5.94. The lowest BCUT2D eigenvalue weighted by molar-refractivity contribution is 0.150. The van der Waals surface area contributed by atoms with Gasteiger partial charge < -0.3 is 5.11 Å². The Bertz CT molecular complexity index is 575. The normalized spacial score (nSPS) is 13.4. The molecule has 2 aromatic rings. The molecule has 0 saturated carbocycles. The number of rotatable bonds is 5. The van der Waals surface area contributed by atoms with Crippen LogP contribution in [0.3, 0.4) is 0 Å². The molecule has 1 atom stereocenters. The minimum Gasteiger partial charge on any atom is -0.386 e. The van der Waals surface area contributed by atoms with Crippen LogP contribution >= 0.6 is 0 Å². The van der Waals surface area contributed by atoms with Gasteiger partial charge in [0.1, 0.15) is 0 Å². The first-order chi connectivity index (χ1) is 9.44. The number of hydrogen-bond donors (Lipinski definition) is 1. The predicted octanol–water partition coefficient (Wildman–Crippen LogP) is 3.01. The molecule has 108 valence electrons. The molecule has 1 unspecified atom stereocenters. The van der Waals surface area contributed by atoms with Crippen LogP contribution in [0.15, 0.2) is 30.5 Å². The van der Waals surface area contributed by atoms with Gasteiger partial charge in [-0.1, -0.05) is 50.3 Å². The number of aryl methyl sites for hydroxylation is 1. The summed E-state index contributed by atoms with van der Waals surface area (Å²) in [7, 11) is 0. The van der Waals surface area contributed by atoms with Gasteiger partial charge in [-0.2, -0.15) is 0 Å². The third-order valence-corrected chi connectivity index (χ3v) is 4.02. The summed E-state index contributed by atoms with van der Waals surface area (Å²) in [4.78, 5) is 0. The van der Waals surface area contributed by atoms with Gasteiger partial charge in [0, 0.05) is 11.6 Å². The molecule has 1 aromatic carbocycles. The largest absolute Gasteiger partial charge is 0.386 e. The Balaban J connectivity index is 2.13. The van der Waals surface area contributed by atoms with Crippen LogP contribution in [-0.2, 0) is 12.0 Å². The van der Waals surface area contributed by atoms with Crippen LogP contribution in [-0.4, -0.2) is 20.1 Å². The SMILES string of the molecule is CCC(C)(C)c1cn(CC(O)c2ccccc2C)nn1. The molecule has 0 aliphatic heterocycles. The highest BCUT2D eigenvalue weighted by molar-refractivity contribution is 5.27. The topological polar surface area (TPSA) is 50.9 Å². The van der Waals surface area contributed by atoms with Gasteiger partial charge in [-0.25, -0.2) is 4.68 Å². The first-order valence-corrected chi connectivity index (χ1v) is 7.08. The molecule has 0 fully saturated rings. The van der Waals surface area contributed by atoms with Gasteiger partial charge in [0.05, 0.1) is 18.3 Å². The molecule has 0 aliphatic carbocycles. The number of aliphatic hydroxyl groups excluding tert-OH is 1. The van der Waals surface area contributed by atoms with Crippen LogP contribution in [0.1, 0.15) is 50.1 Å². The fourth-order valence-electron chi connectivity index (χ4n) is 2.12. The average molecular weight is 273 g/mol. The van der Waals surface area contributed by atoms with E-state index in [9.17, 15) is 5.11 Å². The maximum atomic E-state index is 10.3. The van der Waals surface area contributed by atoms with Crippen molar-refractivity contribution in [1.82, 2.24) is 15.0 Å². The van der Waals surface area contributed by atoms with E-state index >= 15 is 0 Å². The van der Waals surface area contributed by atoms with Crippen molar-refractivity contribution in [3.8, 4) is 0 Å². The molecule has 1 aromatic heterocycles. The Hall–Kier alpha value is -1.68. The zero-order chi connectivity index (χ0) is 14.8. The van der Waals surface area contributed by atoms with E-state index in [0.29, 0.717) is 6.54 Å². The summed E-state index contributed by atoms with van der Waals surface area (Å²) < 4.78 is 1.73. The van der Waals surface area contributed by atoms with Crippen LogP contribution in [0.25, 0.3) is 0 Å². The van der Waals surface area contributed by atoms with Crippen LogP contribution in [0.5, 0.6) is 0 Å². The number of aromatic nitrogens is 3. The zero-order valence-electron chi connectivity index (χ0n) is 12.7. The van der Waals surface area contributed by atoms with Crippen molar-refractivity contribution in [2.24, 2.45) is 0 Å². The van der Waals surface area contributed by atoms with Crippen molar-refractivity contribution in [2.75, 3.05) is 0 Å². The fourth-order valence-corrected chi connectivity index (χ4v) is 2.12. The molecule has 1 N–H and O–H groups in total. The summed E-state index contributed by atoms with van der Waals surface area (Å²) >= 11 is 0. The molecule has 0 amide bonds. The third-order valence-electron chi connectivity index (χ3n) is 4.02. The van der Waals surface area contributed by atoms with Gasteiger partial charge >= 0.3 is 0 Å². The van der Waals surface area contributed by atoms with E-state index in [1.165, 1.54) is 0 Å². The Kier molecular flexibility index (Phi) is 4.23. The smallest absolute Gasteiger partial charge is 0.0989 e. The molecule has 4 nitrogen and oxygen atoms in total. The van der Waals surface area contributed by atoms with E-state index in [1.807, 2.05) is 37.4 Å². The van der Waals surface area contributed by atoms with Crippen molar-refractivity contribution in [3.05, 3.63) is 47.3 Å². The van der Waals surface area contributed by atoms with Gasteiger partial charge in [0.2, 0.25) is 0 Å². The molecule has 4 heteroatoms. The maximum Gasteiger partial charge on any atom is 0.0989 e. The lowest BCUT2D eigenvalue weighted by atomic mass is 9.87. The quantitative estimate of drug-likeness (QED) is 0.911. The number of aliphatic hydroxyl groups is 1. The number of hydrogen-bond acceptors (Lipinski definition) is 3. The molecule has 0 saturated heterocycles. The maximum absolute atomic E-state index is 10.3. The molecular formula is C16H23N3O. The van der Waals surface area contributed by atoms with E-state index in [1.54, 1.807) is 4.68 Å². The Morgan fingerprint density at radius 1 is 1.30 bits per heavy atom. The van der Waals surface area contributed by atoms with Crippen molar-refractivity contribution in [2.45, 2.75) is 52.2 Å². The van der Waals surface area contributed by atoms with Crippen LogP contribution in [0.4, 0.5) is 0 Å². The summed E-state index contributed by atoms with van der Waals surface area (Å²) in [6, 6.07) is 7.88. The fraction of sp³-hybridized carbons (Fsp3) is 0.500. The number of benzene rings is 1. The van der Waals surface area contributed by atoms with Gasteiger partial charge in [-0.3, -0.25) is 0 Å². The molecule has 20 heavy (non-hydrogen) atoms. The summed E-state index contributed by atoms with van der Waals surface area (Å²) in [5.74, 6) is 0. The van der Waals surface area contributed by atoms with E-state index in [4.69, 9.17) is 0 Å². The van der Waals surface area contributed by atoms with Crippen molar-refractivity contribution < 1.29 is 5.11 Å². The van der Waals surface area contributed by atoms with Crippen LogP contribution in [0, 0.1) is 6.92 Å². The highest BCUT2D eigenvalue weighted by atomic mass is 16.3. The van der Waals surface area contributed by atoms with E-state index in [-0.39, 0.29) is 5.41 Å². The summed E-state index contributed by atoms with van der Waals surface area (Å²) in [6.45, 7) is 8.88. The molecule has 0 aliphatic rings. The lowest BCUT2D eigenvalue weighted by Gasteiger charge is -2.18. The minimum atomic E-state index is -0.560. The highest BCUT2D eigenvalue weighted by Gasteiger charge is 2.22. The minimum absolute atomic E-state index is 0.0197. The summed E-state index contributed by atoms with van der Waals surface area (Å²) in [6.07, 6.45) is 2.38. The Morgan fingerprint density at radius 2 is 2.00 bits per heavy atom. The summed E-state index contributed by atoms with van der Waals surface area (Å²) in [5.41, 5.74) is 3.02. The lowest BCUT2D eigenvalue weighted by Crippen LogP contribution is -2.16.